The van der Waals surface area contributed by atoms with Crippen molar-refractivity contribution in [3.05, 3.63) is 23.9 Å². The van der Waals surface area contributed by atoms with Crippen LogP contribution in [0, 0.1) is 0 Å². The predicted octanol–water partition coefficient (Wildman–Crippen LogP) is -0.266. The Kier molecular flexibility index (Phi) is 1.46. The number of allylic oxidation sites excluding steroid dienone is 2. The zero-order valence-corrected chi connectivity index (χ0v) is 4.89. The summed E-state index contributed by atoms with van der Waals surface area (Å²) in [4.78, 5) is 0. The van der Waals surface area contributed by atoms with E-state index in [0.29, 0.717) is 11.6 Å². The summed E-state index contributed by atoms with van der Waals surface area (Å²) in [6.45, 7) is 2.71. The van der Waals surface area contributed by atoms with Gasteiger partial charge in [0.15, 0.2) is 0 Å². The number of nitrogens with one attached hydrogen (secondary N) is 1. The maximum absolute atomic E-state index is 8.81. The quantitative estimate of drug-likeness (QED) is 0.443. The van der Waals surface area contributed by atoms with E-state index in [1.807, 2.05) is 19.1 Å². The van der Waals surface area contributed by atoms with Gasteiger partial charge in [0.25, 0.3) is 0 Å². The lowest BCUT2D eigenvalue weighted by Gasteiger charge is -2.05. The van der Waals surface area contributed by atoms with Gasteiger partial charge in [0.1, 0.15) is 12.7 Å². The summed E-state index contributed by atoms with van der Waals surface area (Å²) in [5.74, 6) is 0. The van der Waals surface area contributed by atoms with Crippen LogP contribution in [0.3, 0.4) is 0 Å². The lowest BCUT2D eigenvalue weighted by molar-refractivity contribution is -1.04. The summed E-state index contributed by atoms with van der Waals surface area (Å²) < 4.78 is 0. The summed E-state index contributed by atoms with van der Waals surface area (Å²) in [7, 11) is 0. The van der Waals surface area contributed by atoms with Crippen molar-refractivity contribution >= 4 is 0 Å². The number of hydrogen-bond donors (Lipinski definition) is 2. The first kappa shape index (κ1) is 5.54. The van der Waals surface area contributed by atoms with Crippen LogP contribution in [0.15, 0.2) is 23.9 Å². The Morgan fingerprint density at radius 2 is 2.50 bits per heavy atom. The first-order chi connectivity index (χ1) is 3.79. The second-order valence-corrected chi connectivity index (χ2v) is 1.98. The van der Waals surface area contributed by atoms with Crippen molar-refractivity contribution in [2.75, 3.05) is 6.54 Å². The van der Waals surface area contributed by atoms with Gasteiger partial charge in [-0.15, -0.1) is 0 Å². The average Bonchev–Trinajstić information content (AvgIpc) is 1.77. The largest absolute Gasteiger partial charge is 0.214 e. The van der Waals surface area contributed by atoms with Gasteiger partial charge in [-0.2, -0.15) is 5.06 Å². The van der Waals surface area contributed by atoms with Crippen LogP contribution in [-0.4, -0.2) is 11.8 Å². The number of quaternary nitrogens is 1. The third-order valence-electron chi connectivity index (χ3n) is 1.17. The van der Waals surface area contributed by atoms with E-state index in [1.165, 1.54) is 5.57 Å². The highest BCUT2D eigenvalue weighted by Crippen LogP contribution is 1.92. The highest BCUT2D eigenvalue weighted by molar-refractivity contribution is 5.15. The minimum absolute atomic E-state index is 0.454. The van der Waals surface area contributed by atoms with Crippen molar-refractivity contribution in [3.8, 4) is 0 Å². The molecule has 0 radical (unpaired) electrons. The lowest BCUT2D eigenvalue weighted by atomic mass is 10.2. The average molecular weight is 112 g/mol. The molecule has 1 aliphatic rings. The standard InChI is InChI=1S/C6H9NO/c1-6-2-4-7(8)5-3-6/h2-4,8H,5H2,1H3/p+1. The zero-order chi connectivity index (χ0) is 5.98. The van der Waals surface area contributed by atoms with Crippen LogP contribution < -0.4 is 5.06 Å². The zero-order valence-electron chi connectivity index (χ0n) is 4.89. The maximum atomic E-state index is 8.81. The second kappa shape index (κ2) is 2.11. The van der Waals surface area contributed by atoms with Crippen LogP contribution in [0.5, 0.6) is 0 Å². The molecule has 0 bridgehead atoms. The van der Waals surface area contributed by atoms with Crippen molar-refractivity contribution < 1.29 is 10.3 Å². The Hall–Kier alpha value is -0.600. The number of hydroxylamine groups is 2. The SMILES string of the molecule is CC1=CC[NH+](O)C=C1. The minimum atomic E-state index is 0.454. The van der Waals surface area contributed by atoms with Crippen molar-refractivity contribution in [1.82, 2.24) is 0 Å². The molecule has 44 valence electrons. The third kappa shape index (κ3) is 1.18. The Morgan fingerprint density at radius 3 is 2.88 bits per heavy atom. The van der Waals surface area contributed by atoms with Crippen LogP contribution in [0.1, 0.15) is 6.92 Å². The molecule has 1 unspecified atom stereocenters. The molecule has 0 saturated heterocycles. The summed E-state index contributed by atoms with van der Waals surface area (Å²) in [5, 5.41) is 9.27. The van der Waals surface area contributed by atoms with Gasteiger partial charge in [0.2, 0.25) is 0 Å². The van der Waals surface area contributed by atoms with Gasteiger partial charge in [-0.05, 0) is 24.6 Å². The Morgan fingerprint density at radius 1 is 1.75 bits per heavy atom. The Labute approximate surface area is 48.7 Å². The van der Waals surface area contributed by atoms with Gasteiger partial charge in [-0.3, -0.25) is 0 Å². The Bertz CT molecular complexity index is 137. The van der Waals surface area contributed by atoms with Crippen molar-refractivity contribution in [3.63, 3.8) is 0 Å². The van der Waals surface area contributed by atoms with Crippen LogP contribution >= 0.6 is 0 Å². The highest BCUT2D eigenvalue weighted by atomic mass is 16.5. The van der Waals surface area contributed by atoms with Crippen LogP contribution in [0.25, 0.3) is 0 Å². The molecule has 2 nitrogen and oxygen atoms in total. The molecule has 1 rings (SSSR count). The second-order valence-electron chi connectivity index (χ2n) is 1.98. The summed E-state index contributed by atoms with van der Waals surface area (Å²) in [6, 6.07) is 0. The molecule has 0 aromatic rings. The fourth-order valence-corrected chi connectivity index (χ4v) is 0.629. The molecule has 0 aromatic carbocycles. The van der Waals surface area contributed by atoms with Crippen LogP contribution in [0.4, 0.5) is 0 Å². The molecule has 1 atom stereocenters. The molecule has 0 amide bonds. The van der Waals surface area contributed by atoms with Crippen LogP contribution in [0.2, 0.25) is 0 Å². The molecule has 0 aromatic heterocycles. The van der Waals surface area contributed by atoms with Gasteiger partial charge in [0, 0.05) is 0 Å². The minimum Gasteiger partial charge on any atom is -0.214 e. The normalized spacial score (nSPS) is 27.8. The molecule has 1 heterocycles. The van der Waals surface area contributed by atoms with E-state index >= 15 is 0 Å². The molecule has 0 aliphatic carbocycles. The molecule has 1 aliphatic heterocycles. The fraction of sp³-hybridized carbons (Fsp3) is 0.333. The van der Waals surface area contributed by atoms with E-state index < -0.39 is 0 Å². The Balaban J connectivity index is 2.58. The van der Waals surface area contributed by atoms with Gasteiger partial charge < -0.3 is 0 Å². The summed E-state index contributed by atoms with van der Waals surface area (Å²) in [5.41, 5.74) is 1.22. The molecular weight excluding hydrogens is 102 g/mol. The van der Waals surface area contributed by atoms with Crippen LogP contribution in [-0.2, 0) is 0 Å². The third-order valence-corrected chi connectivity index (χ3v) is 1.17. The first-order valence-corrected chi connectivity index (χ1v) is 2.68. The van der Waals surface area contributed by atoms with E-state index in [2.05, 4.69) is 0 Å². The molecule has 8 heavy (non-hydrogen) atoms. The van der Waals surface area contributed by atoms with Gasteiger partial charge >= 0.3 is 0 Å². The highest BCUT2D eigenvalue weighted by Gasteiger charge is 2.00. The number of rotatable bonds is 0. The molecule has 0 spiro atoms. The van der Waals surface area contributed by atoms with Crippen molar-refractivity contribution in [2.45, 2.75) is 6.92 Å². The summed E-state index contributed by atoms with van der Waals surface area (Å²) >= 11 is 0. The topological polar surface area (TPSA) is 24.7 Å². The van der Waals surface area contributed by atoms with E-state index in [9.17, 15) is 0 Å². The monoisotopic (exact) mass is 112 g/mol. The van der Waals surface area contributed by atoms with Crippen molar-refractivity contribution in [1.29, 1.82) is 0 Å². The molecule has 2 heteroatoms. The van der Waals surface area contributed by atoms with E-state index in [1.54, 1.807) is 6.20 Å². The first-order valence-electron chi connectivity index (χ1n) is 2.68. The number of hydrogen-bond acceptors (Lipinski definition) is 1. The fourth-order valence-electron chi connectivity index (χ4n) is 0.629. The maximum Gasteiger partial charge on any atom is 0.131 e. The van der Waals surface area contributed by atoms with E-state index in [4.69, 9.17) is 5.21 Å². The van der Waals surface area contributed by atoms with Gasteiger partial charge in [-0.1, -0.05) is 0 Å². The molecule has 2 N–H and O–H groups in total. The molecule has 0 saturated carbocycles. The van der Waals surface area contributed by atoms with Gasteiger partial charge in [-0.25, -0.2) is 5.21 Å². The summed E-state index contributed by atoms with van der Waals surface area (Å²) in [6.07, 6.45) is 5.63. The predicted molar refractivity (Wildman–Crippen MR) is 30.5 cm³/mol. The smallest absolute Gasteiger partial charge is 0.131 e. The van der Waals surface area contributed by atoms with E-state index in [0.717, 1.165) is 0 Å². The van der Waals surface area contributed by atoms with Gasteiger partial charge in [0.05, 0.1) is 0 Å². The van der Waals surface area contributed by atoms with E-state index in [-0.39, 0.29) is 0 Å². The lowest BCUT2D eigenvalue weighted by Crippen LogP contribution is -3.05. The molecular formula is C6H10NO+. The van der Waals surface area contributed by atoms with Crippen molar-refractivity contribution in [2.24, 2.45) is 0 Å². The molecule has 0 fully saturated rings.